The van der Waals surface area contributed by atoms with Crippen LogP contribution in [0.25, 0.3) is 42.6 Å². The van der Waals surface area contributed by atoms with Crippen LogP contribution >= 0.6 is 22.7 Å². The van der Waals surface area contributed by atoms with E-state index < -0.39 is 5.97 Å². The molecule has 0 aliphatic heterocycles. The number of nitriles is 1. The molecule has 3 heterocycles. The van der Waals surface area contributed by atoms with Crippen molar-refractivity contribution >= 4 is 56.5 Å². The highest BCUT2D eigenvalue weighted by atomic mass is 32.1. The van der Waals surface area contributed by atoms with Crippen LogP contribution in [0.2, 0.25) is 0 Å². The molecular formula is C24H14N2O2S2. The zero-order chi connectivity index (χ0) is 20.7. The molecule has 0 saturated carbocycles. The van der Waals surface area contributed by atoms with E-state index in [1.165, 1.54) is 39.2 Å². The summed E-state index contributed by atoms with van der Waals surface area (Å²) in [4.78, 5) is 14.0. The molecule has 0 saturated heterocycles. The number of benzene rings is 2. The number of para-hydroxylation sites is 2. The van der Waals surface area contributed by atoms with E-state index in [2.05, 4.69) is 65.2 Å². The summed E-state index contributed by atoms with van der Waals surface area (Å²) in [6, 6.07) is 26.5. The molecule has 30 heavy (non-hydrogen) atoms. The van der Waals surface area contributed by atoms with E-state index in [1.807, 2.05) is 12.1 Å². The Morgan fingerprint density at radius 3 is 2.10 bits per heavy atom. The molecule has 144 valence electrons. The number of aliphatic carboxylic acids is 1. The largest absolute Gasteiger partial charge is 0.477 e. The molecule has 5 rings (SSSR count). The predicted octanol–water partition coefficient (Wildman–Crippen LogP) is 6.57. The van der Waals surface area contributed by atoms with Crippen molar-refractivity contribution in [3.63, 3.8) is 0 Å². The molecular weight excluding hydrogens is 412 g/mol. The maximum absolute atomic E-state index is 11.1. The number of carbonyl (C=O) groups is 1. The van der Waals surface area contributed by atoms with E-state index in [1.54, 1.807) is 17.4 Å². The lowest BCUT2D eigenvalue weighted by atomic mass is 10.2. The van der Waals surface area contributed by atoms with Gasteiger partial charge in [0.25, 0.3) is 0 Å². The van der Waals surface area contributed by atoms with Gasteiger partial charge in [0.05, 0.1) is 11.0 Å². The molecule has 0 bridgehead atoms. The predicted molar refractivity (Wildman–Crippen MR) is 123 cm³/mol. The van der Waals surface area contributed by atoms with Gasteiger partial charge in [-0.1, -0.05) is 36.4 Å². The topological polar surface area (TPSA) is 66.0 Å². The molecule has 0 aliphatic rings. The van der Waals surface area contributed by atoms with Crippen molar-refractivity contribution < 1.29 is 9.90 Å². The first-order valence-corrected chi connectivity index (χ1v) is 10.8. The average Bonchev–Trinajstić information content (AvgIpc) is 3.48. The van der Waals surface area contributed by atoms with E-state index >= 15 is 0 Å². The number of thiophene rings is 2. The van der Waals surface area contributed by atoms with Crippen molar-refractivity contribution in [1.82, 2.24) is 4.57 Å². The van der Waals surface area contributed by atoms with Crippen LogP contribution in [0.4, 0.5) is 0 Å². The molecule has 5 aromatic rings. The lowest BCUT2D eigenvalue weighted by molar-refractivity contribution is -0.132. The Morgan fingerprint density at radius 2 is 1.47 bits per heavy atom. The summed E-state index contributed by atoms with van der Waals surface area (Å²) in [6.45, 7) is 0. The Bertz CT molecular complexity index is 1440. The van der Waals surface area contributed by atoms with Gasteiger partial charge in [0, 0.05) is 25.4 Å². The summed E-state index contributed by atoms with van der Waals surface area (Å²) in [6.07, 6.45) is 1.41. The summed E-state index contributed by atoms with van der Waals surface area (Å²) in [7, 11) is 0. The van der Waals surface area contributed by atoms with Crippen LogP contribution in [0.15, 0.2) is 78.4 Å². The molecule has 2 aromatic carbocycles. The van der Waals surface area contributed by atoms with Crippen molar-refractivity contribution in [2.24, 2.45) is 0 Å². The Morgan fingerprint density at radius 1 is 0.867 bits per heavy atom. The average molecular weight is 427 g/mol. The summed E-state index contributed by atoms with van der Waals surface area (Å²) in [5.74, 6) is -1.21. The lowest BCUT2D eigenvalue weighted by Gasteiger charge is -2.03. The van der Waals surface area contributed by atoms with Crippen LogP contribution in [0.5, 0.6) is 0 Å². The van der Waals surface area contributed by atoms with Crippen LogP contribution < -0.4 is 0 Å². The number of nitrogens with zero attached hydrogens (tertiary/aromatic N) is 2. The molecule has 0 atom stereocenters. The first kappa shape index (κ1) is 18.4. The number of fused-ring (bicyclic) bond motifs is 3. The Kier molecular flexibility index (Phi) is 4.47. The third kappa shape index (κ3) is 3.01. The number of hydrogen-bond acceptors (Lipinski definition) is 4. The number of hydrogen-bond donors (Lipinski definition) is 1. The standard InChI is InChI=1S/C24H14N2O2S2/c25-14-15(24(27)28)13-16-9-10-21(29-16)22-11-12-23(30-22)26-19-7-3-1-5-17(19)18-6-2-4-8-20(18)26/h1-13H,(H,27,28)/b15-13+. The molecule has 0 spiro atoms. The number of aromatic nitrogens is 1. The number of carboxylic acid groups (broad SMARTS) is 1. The zero-order valence-electron chi connectivity index (χ0n) is 15.6. The molecule has 0 radical (unpaired) electrons. The van der Waals surface area contributed by atoms with E-state index in [4.69, 9.17) is 10.4 Å². The van der Waals surface area contributed by atoms with Gasteiger partial charge in [-0.3, -0.25) is 0 Å². The molecule has 0 aliphatic carbocycles. The summed E-state index contributed by atoms with van der Waals surface area (Å²) >= 11 is 3.16. The molecule has 0 unspecified atom stereocenters. The van der Waals surface area contributed by atoms with Gasteiger partial charge in [-0.2, -0.15) is 5.26 Å². The third-order valence-corrected chi connectivity index (χ3v) is 7.20. The maximum atomic E-state index is 11.1. The lowest BCUT2D eigenvalue weighted by Crippen LogP contribution is -1.96. The number of carboxylic acids is 1. The highest BCUT2D eigenvalue weighted by Crippen LogP contribution is 2.39. The van der Waals surface area contributed by atoms with Crippen molar-refractivity contribution in [2.75, 3.05) is 0 Å². The van der Waals surface area contributed by atoms with Crippen LogP contribution in [0.1, 0.15) is 4.88 Å². The molecule has 4 nitrogen and oxygen atoms in total. The summed E-state index contributed by atoms with van der Waals surface area (Å²) < 4.78 is 2.28. The minimum Gasteiger partial charge on any atom is -0.477 e. The van der Waals surface area contributed by atoms with Gasteiger partial charge in [0.15, 0.2) is 0 Å². The highest BCUT2D eigenvalue weighted by molar-refractivity contribution is 7.23. The Balaban J connectivity index is 1.59. The SMILES string of the molecule is N#C/C(=C\c1ccc(-c2ccc(-n3c4ccccc4c4ccccc43)s2)s1)C(=O)O. The van der Waals surface area contributed by atoms with Gasteiger partial charge in [-0.25, -0.2) is 4.79 Å². The molecule has 1 N–H and O–H groups in total. The van der Waals surface area contributed by atoms with Crippen molar-refractivity contribution in [1.29, 1.82) is 5.26 Å². The maximum Gasteiger partial charge on any atom is 0.346 e. The first-order chi connectivity index (χ1) is 14.7. The fraction of sp³-hybridized carbons (Fsp3) is 0. The van der Waals surface area contributed by atoms with Gasteiger partial charge >= 0.3 is 5.97 Å². The first-order valence-electron chi connectivity index (χ1n) is 9.19. The van der Waals surface area contributed by atoms with E-state index in [0.717, 1.165) is 19.6 Å². The van der Waals surface area contributed by atoms with Crippen molar-refractivity contribution in [2.45, 2.75) is 0 Å². The van der Waals surface area contributed by atoms with Crippen LogP contribution in [-0.2, 0) is 4.79 Å². The van der Waals surface area contributed by atoms with Crippen LogP contribution in [0, 0.1) is 11.3 Å². The number of rotatable bonds is 4. The van der Waals surface area contributed by atoms with Crippen molar-refractivity contribution in [3.05, 3.63) is 83.2 Å². The van der Waals surface area contributed by atoms with Crippen LogP contribution in [0.3, 0.4) is 0 Å². The van der Waals surface area contributed by atoms with E-state index in [9.17, 15) is 4.79 Å². The third-order valence-electron chi connectivity index (χ3n) is 4.90. The van der Waals surface area contributed by atoms with Gasteiger partial charge in [0.2, 0.25) is 0 Å². The zero-order valence-corrected chi connectivity index (χ0v) is 17.2. The van der Waals surface area contributed by atoms with E-state index in [0.29, 0.717) is 0 Å². The summed E-state index contributed by atoms with van der Waals surface area (Å²) in [5, 5.41) is 21.6. The minimum absolute atomic E-state index is 0.263. The van der Waals surface area contributed by atoms with Crippen molar-refractivity contribution in [3.8, 4) is 20.8 Å². The molecule has 0 amide bonds. The van der Waals surface area contributed by atoms with Gasteiger partial charge in [0.1, 0.15) is 16.6 Å². The van der Waals surface area contributed by atoms with E-state index in [-0.39, 0.29) is 5.57 Å². The van der Waals surface area contributed by atoms with Gasteiger partial charge in [-0.05, 0) is 42.5 Å². The normalized spacial score (nSPS) is 11.8. The van der Waals surface area contributed by atoms with Gasteiger partial charge in [-0.15, -0.1) is 22.7 Å². The smallest absolute Gasteiger partial charge is 0.346 e. The molecule has 3 aromatic heterocycles. The van der Waals surface area contributed by atoms with Crippen LogP contribution in [-0.4, -0.2) is 15.6 Å². The minimum atomic E-state index is -1.21. The van der Waals surface area contributed by atoms with Gasteiger partial charge < -0.3 is 9.67 Å². The Hall–Kier alpha value is -3.66. The second kappa shape index (κ2) is 7.30. The monoisotopic (exact) mass is 426 g/mol. The highest BCUT2D eigenvalue weighted by Gasteiger charge is 2.14. The quantitative estimate of drug-likeness (QED) is 0.261. The molecule has 0 fully saturated rings. The molecule has 6 heteroatoms. The second-order valence-electron chi connectivity index (χ2n) is 6.68. The second-order valence-corrected chi connectivity index (χ2v) is 8.86. The fourth-order valence-electron chi connectivity index (χ4n) is 3.59. The summed E-state index contributed by atoms with van der Waals surface area (Å²) in [5.41, 5.74) is 2.07. The fourth-order valence-corrected chi connectivity index (χ4v) is 5.66. The Labute approximate surface area is 180 Å².